The molecule has 2 fully saturated rings. The molecule has 3 rings (SSSR count). The highest BCUT2D eigenvalue weighted by molar-refractivity contribution is 7.89. The van der Waals surface area contributed by atoms with E-state index in [2.05, 4.69) is 5.32 Å². The normalized spacial score (nSPS) is 19.3. The number of hydrogen-bond acceptors (Lipinski definition) is 4. The number of hydrogen-bond donors (Lipinski definition) is 1. The second kappa shape index (κ2) is 10.3. The molecule has 0 spiro atoms. The van der Waals surface area contributed by atoms with Crippen molar-refractivity contribution in [3.8, 4) is 5.75 Å². The van der Waals surface area contributed by atoms with Crippen LogP contribution in [0.5, 0.6) is 5.75 Å². The van der Waals surface area contributed by atoms with Crippen molar-refractivity contribution in [1.82, 2.24) is 9.62 Å². The first-order chi connectivity index (χ1) is 14.0. The number of rotatable bonds is 7. The molecule has 7 heteroatoms. The lowest BCUT2D eigenvalue weighted by Crippen LogP contribution is -2.35. The molecule has 1 aromatic rings. The van der Waals surface area contributed by atoms with Crippen LogP contribution in [0.15, 0.2) is 29.2 Å². The van der Waals surface area contributed by atoms with Crippen LogP contribution in [0.1, 0.15) is 56.9 Å². The third-order valence-corrected chi connectivity index (χ3v) is 7.76. The molecule has 1 saturated heterocycles. The lowest BCUT2D eigenvalue weighted by atomic mass is 9.89. The topological polar surface area (TPSA) is 75.7 Å². The van der Waals surface area contributed by atoms with Crippen molar-refractivity contribution in [1.29, 1.82) is 0 Å². The van der Waals surface area contributed by atoms with E-state index in [0.717, 1.165) is 19.3 Å². The summed E-state index contributed by atoms with van der Waals surface area (Å²) in [7, 11) is -2.15. The maximum atomic E-state index is 13.1. The molecule has 29 heavy (non-hydrogen) atoms. The first kappa shape index (κ1) is 21.8. The Kier molecular flexibility index (Phi) is 7.72. The van der Waals surface area contributed by atoms with Crippen molar-refractivity contribution in [3.63, 3.8) is 0 Å². The van der Waals surface area contributed by atoms with Crippen LogP contribution in [0.3, 0.4) is 0 Å². The average molecular weight is 421 g/mol. The molecule has 0 aromatic heterocycles. The highest BCUT2D eigenvalue weighted by Crippen LogP contribution is 2.30. The lowest BCUT2D eigenvalue weighted by Gasteiger charge is -2.26. The number of piperidine rings is 1. The molecule has 160 valence electrons. The molecule has 1 aromatic carbocycles. The summed E-state index contributed by atoms with van der Waals surface area (Å²) in [5, 5.41) is 2.96. The first-order valence-corrected chi connectivity index (χ1v) is 12.1. The van der Waals surface area contributed by atoms with Gasteiger partial charge < -0.3 is 10.1 Å². The van der Waals surface area contributed by atoms with E-state index in [4.69, 9.17) is 4.74 Å². The minimum absolute atomic E-state index is 0.146. The molecule has 2 aliphatic rings. The molecule has 0 bridgehead atoms. The van der Waals surface area contributed by atoms with Crippen LogP contribution >= 0.6 is 0 Å². The molecule has 0 atom stereocenters. The van der Waals surface area contributed by atoms with E-state index in [1.54, 1.807) is 24.3 Å². The predicted molar refractivity (Wildman–Crippen MR) is 114 cm³/mol. The number of nitrogens with one attached hydrogen (secondary N) is 1. The van der Waals surface area contributed by atoms with E-state index in [-0.39, 0.29) is 10.8 Å². The highest BCUT2D eigenvalue weighted by Gasteiger charge is 2.29. The quantitative estimate of drug-likeness (QED) is 0.684. The number of methoxy groups -OCH3 is 1. The summed E-state index contributed by atoms with van der Waals surface area (Å²) < 4.78 is 33.0. The van der Waals surface area contributed by atoms with Crippen LogP contribution in [0, 0.1) is 5.92 Å². The van der Waals surface area contributed by atoms with Gasteiger partial charge in [-0.05, 0) is 55.4 Å². The molecule has 1 heterocycles. The molecule has 1 amide bonds. The van der Waals surface area contributed by atoms with Crippen molar-refractivity contribution >= 4 is 22.0 Å². The van der Waals surface area contributed by atoms with Crippen LogP contribution < -0.4 is 10.1 Å². The third kappa shape index (κ3) is 5.82. The fourth-order valence-corrected chi connectivity index (χ4v) is 5.82. The zero-order valence-electron chi connectivity index (χ0n) is 17.2. The zero-order chi connectivity index (χ0) is 20.7. The van der Waals surface area contributed by atoms with Crippen LogP contribution in [0.4, 0.5) is 0 Å². The van der Waals surface area contributed by atoms with Crippen molar-refractivity contribution < 1.29 is 17.9 Å². The number of benzene rings is 1. The lowest BCUT2D eigenvalue weighted by molar-refractivity contribution is -0.116. The van der Waals surface area contributed by atoms with Gasteiger partial charge in [0.05, 0.1) is 7.11 Å². The molecular formula is C22H32N2O4S. The minimum atomic E-state index is -3.62. The van der Waals surface area contributed by atoms with Gasteiger partial charge in [0.1, 0.15) is 10.6 Å². The van der Waals surface area contributed by atoms with Crippen molar-refractivity contribution in [2.24, 2.45) is 5.92 Å². The van der Waals surface area contributed by atoms with Crippen molar-refractivity contribution in [2.45, 2.75) is 56.3 Å². The summed E-state index contributed by atoms with van der Waals surface area (Å²) in [6.45, 7) is 1.78. The van der Waals surface area contributed by atoms with E-state index in [1.807, 2.05) is 0 Å². The smallest absolute Gasteiger partial charge is 0.246 e. The fraction of sp³-hybridized carbons (Fsp3) is 0.591. The second-order valence-corrected chi connectivity index (χ2v) is 9.86. The summed E-state index contributed by atoms with van der Waals surface area (Å²) >= 11 is 0. The van der Waals surface area contributed by atoms with Gasteiger partial charge in [0.2, 0.25) is 15.9 Å². The Morgan fingerprint density at radius 3 is 2.52 bits per heavy atom. The molecular weight excluding hydrogens is 388 g/mol. The van der Waals surface area contributed by atoms with Crippen LogP contribution in [-0.4, -0.2) is 45.4 Å². The van der Waals surface area contributed by atoms with Gasteiger partial charge in [-0.3, -0.25) is 4.79 Å². The SMILES string of the molecule is COc1ccc(C=CC(=O)NCC2CCCCC2)cc1S(=O)(=O)N1CCCCC1. The number of ether oxygens (including phenoxy) is 1. The monoisotopic (exact) mass is 420 g/mol. The Morgan fingerprint density at radius 1 is 1.14 bits per heavy atom. The fourth-order valence-electron chi connectivity index (χ4n) is 4.11. The molecule has 0 radical (unpaired) electrons. The third-order valence-electron chi connectivity index (χ3n) is 5.84. The van der Waals surface area contributed by atoms with E-state index >= 15 is 0 Å². The van der Waals surface area contributed by atoms with Gasteiger partial charge in [0.15, 0.2) is 0 Å². The molecule has 1 aliphatic carbocycles. The van der Waals surface area contributed by atoms with Gasteiger partial charge in [0.25, 0.3) is 0 Å². The largest absolute Gasteiger partial charge is 0.495 e. The van der Waals surface area contributed by atoms with E-state index < -0.39 is 10.0 Å². The van der Waals surface area contributed by atoms with Crippen LogP contribution in [-0.2, 0) is 14.8 Å². The van der Waals surface area contributed by atoms with Gasteiger partial charge in [-0.15, -0.1) is 0 Å². The first-order valence-electron chi connectivity index (χ1n) is 10.6. The summed E-state index contributed by atoms with van der Waals surface area (Å²) in [6.07, 6.45) is 12.1. The van der Waals surface area contributed by atoms with Crippen molar-refractivity contribution in [3.05, 3.63) is 29.8 Å². The van der Waals surface area contributed by atoms with Crippen LogP contribution in [0.2, 0.25) is 0 Å². The molecule has 1 N–H and O–H groups in total. The van der Waals surface area contributed by atoms with E-state index in [0.29, 0.717) is 36.9 Å². The second-order valence-electron chi connectivity index (χ2n) is 7.96. The molecule has 1 aliphatic heterocycles. The average Bonchev–Trinajstić information content (AvgIpc) is 2.77. The molecule has 1 saturated carbocycles. The van der Waals surface area contributed by atoms with Gasteiger partial charge >= 0.3 is 0 Å². The summed E-state index contributed by atoms with van der Waals surface area (Å²) in [5.41, 5.74) is 0.661. The minimum Gasteiger partial charge on any atom is -0.495 e. The number of carbonyl (C=O) groups is 1. The van der Waals surface area contributed by atoms with Crippen molar-refractivity contribution in [2.75, 3.05) is 26.7 Å². The van der Waals surface area contributed by atoms with Gasteiger partial charge in [-0.1, -0.05) is 31.7 Å². The van der Waals surface area contributed by atoms with Gasteiger partial charge in [-0.2, -0.15) is 4.31 Å². The standard InChI is InChI=1S/C22H32N2O4S/c1-28-20-12-10-18(11-13-22(25)23-17-19-8-4-2-5-9-19)16-21(20)29(26,27)24-14-6-3-7-15-24/h10-13,16,19H,2-9,14-15,17H2,1H3,(H,23,25). The Morgan fingerprint density at radius 2 is 1.83 bits per heavy atom. The van der Waals surface area contributed by atoms with E-state index in [1.165, 1.54) is 49.6 Å². The Balaban J connectivity index is 1.69. The van der Waals surface area contributed by atoms with Gasteiger partial charge in [-0.25, -0.2) is 8.42 Å². The number of carbonyl (C=O) groups excluding carboxylic acids is 1. The zero-order valence-corrected chi connectivity index (χ0v) is 18.0. The Labute approximate surface area is 174 Å². The number of sulfonamides is 1. The maximum Gasteiger partial charge on any atom is 0.246 e. The number of amides is 1. The predicted octanol–water partition coefficient (Wildman–Crippen LogP) is 3.58. The summed E-state index contributed by atoms with van der Waals surface area (Å²) in [4.78, 5) is 12.3. The summed E-state index contributed by atoms with van der Waals surface area (Å²) in [5.74, 6) is 0.754. The maximum absolute atomic E-state index is 13.1. The highest BCUT2D eigenvalue weighted by atomic mass is 32.2. The Bertz CT molecular complexity index is 823. The number of nitrogens with zero attached hydrogens (tertiary/aromatic N) is 1. The summed E-state index contributed by atoms with van der Waals surface area (Å²) in [6, 6.07) is 5.00. The van der Waals surface area contributed by atoms with Crippen LogP contribution in [0.25, 0.3) is 6.08 Å². The molecule has 0 unspecified atom stereocenters. The molecule has 6 nitrogen and oxygen atoms in total. The van der Waals surface area contributed by atoms with E-state index in [9.17, 15) is 13.2 Å². The Hall–Kier alpha value is -1.86. The van der Waals surface area contributed by atoms with Gasteiger partial charge in [0, 0.05) is 25.7 Å².